The van der Waals surface area contributed by atoms with Crippen molar-refractivity contribution in [3.05, 3.63) is 29.6 Å². The van der Waals surface area contributed by atoms with Crippen molar-refractivity contribution in [2.24, 2.45) is 0 Å². The summed E-state index contributed by atoms with van der Waals surface area (Å²) in [6.45, 7) is -1.13. The number of ketones is 1. The predicted molar refractivity (Wildman–Crippen MR) is 58.8 cm³/mol. The number of benzene rings is 1. The largest absolute Gasteiger partial charge is 0.494 e. The van der Waals surface area contributed by atoms with Gasteiger partial charge in [0.1, 0.15) is 6.61 Å². The highest BCUT2D eigenvalue weighted by atomic mass is 19.4. The molecule has 1 aromatic carbocycles. The van der Waals surface area contributed by atoms with E-state index < -0.39 is 37.4 Å². The van der Waals surface area contributed by atoms with E-state index in [1.165, 1.54) is 19.2 Å². The van der Waals surface area contributed by atoms with E-state index in [2.05, 4.69) is 9.47 Å². The number of methoxy groups -OCH3 is 1. The van der Waals surface area contributed by atoms with E-state index >= 15 is 0 Å². The van der Waals surface area contributed by atoms with Crippen LogP contribution in [0, 0.1) is 5.82 Å². The molecule has 1 aromatic rings. The molecule has 0 amide bonds. The molecule has 0 bridgehead atoms. The van der Waals surface area contributed by atoms with Crippen LogP contribution < -0.4 is 4.74 Å². The minimum atomic E-state index is -4.32. The van der Waals surface area contributed by atoms with Crippen molar-refractivity contribution in [2.75, 3.05) is 20.3 Å². The lowest BCUT2D eigenvalue weighted by Gasteiger charge is -2.07. The maximum atomic E-state index is 13.3. The number of carbonyl (C=O) groups is 1. The summed E-state index contributed by atoms with van der Waals surface area (Å²) in [4.78, 5) is 11.5. The molecule has 106 valence electrons. The second kappa shape index (κ2) is 6.51. The van der Waals surface area contributed by atoms with E-state index in [0.717, 1.165) is 6.07 Å². The second-order valence-electron chi connectivity index (χ2n) is 3.69. The number of carbonyl (C=O) groups excluding carboxylic acids is 1. The lowest BCUT2D eigenvalue weighted by atomic mass is 10.1. The van der Waals surface area contributed by atoms with Crippen LogP contribution in [-0.2, 0) is 4.74 Å². The van der Waals surface area contributed by atoms with Crippen molar-refractivity contribution >= 4 is 5.78 Å². The zero-order valence-corrected chi connectivity index (χ0v) is 10.1. The molecule has 0 aliphatic heterocycles. The number of hydrogen-bond acceptors (Lipinski definition) is 3. The molecule has 0 aromatic heterocycles. The number of alkyl halides is 3. The molecule has 0 aliphatic rings. The van der Waals surface area contributed by atoms with Crippen LogP contribution in [0.4, 0.5) is 17.6 Å². The Morgan fingerprint density at radius 1 is 1.32 bits per heavy atom. The summed E-state index contributed by atoms with van der Waals surface area (Å²) in [5.74, 6) is -1.33. The van der Waals surface area contributed by atoms with Crippen molar-refractivity contribution in [1.82, 2.24) is 0 Å². The van der Waals surface area contributed by atoms with Gasteiger partial charge in [0.25, 0.3) is 0 Å². The van der Waals surface area contributed by atoms with Crippen molar-refractivity contribution in [1.29, 1.82) is 0 Å². The van der Waals surface area contributed by atoms with Crippen molar-refractivity contribution in [2.45, 2.75) is 12.6 Å². The maximum absolute atomic E-state index is 13.3. The molecule has 0 heterocycles. The SMILES string of the molecule is COc1ccc(C(=O)COCCC(F)(F)F)cc1F. The molecule has 0 atom stereocenters. The summed E-state index contributed by atoms with van der Waals surface area (Å²) in [5, 5.41) is 0. The van der Waals surface area contributed by atoms with Gasteiger partial charge in [0.2, 0.25) is 0 Å². The van der Waals surface area contributed by atoms with Gasteiger partial charge in [0.15, 0.2) is 17.3 Å². The molecule has 0 aliphatic carbocycles. The van der Waals surface area contributed by atoms with E-state index in [4.69, 9.17) is 0 Å². The van der Waals surface area contributed by atoms with Crippen LogP contribution in [0.15, 0.2) is 18.2 Å². The van der Waals surface area contributed by atoms with Crippen molar-refractivity contribution in [3.8, 4) is 5.75 Å². The summed E-state index contributed by atoms with van der Waals surface area (Å²) in [6.07, 6.45) is -5.45. The number of Topliss-reactive ketones (excluding diaryl/α,β-unsaturated/α-hetero) is 1. The summed E-state index contributed by atoms with van der Waals surface area (Å²) in [6, 6.07) is 3.53. The molecule has 0 radical (unpaired) electrons. The summed E-state index contributed by atoms with van der Waals surface area (Å²) in [5.41, 5.74) is 0.0188. The first-order valence-electron chi connectivity index (χ1n) is 5.34. The minimum Gasteiger partial charge on any atom is -0.494 e. The lowest BCUT2D eigenvalue weighted by molar-refractivity contribution is -0.144. The van der Waals surface area contributed by atoms with Crippen LogP contribution in [0.25, 0.3) is 0 Å². The number of ether oxygens (including phenoxy) is 2. The van der Waals surface area contributed by atoms with Crippen molar-refractivity contribution in [3.63, 3.8) is 0 Å². The first-order chi connectivity index (χ1) is 8.83. The smallest absolute Gasteiger partial charge is 0.391 e. The van der Waals surface area contributed by atoms with E-state index in [1.54, 1.807) is 0 Å². The fraction of sp³-hybridized carbons (Fsp3) is 0.417. The number of halogens is 4. The molecular formula is C12H12F4O3. The molecule has 0 saturated heterocycles. The van der Waals surface area contributed by atoms with E-state index in [1.807, 2.05) is 0 Å². The van der Waals surface area contributed by atoms with Gasteiger partial charge in [-0.2, -0.15) is 13.2 Å². The van der Waals surface area contributed by atoms with Crippen LogP contribution in [0.3, 0.4) is 0 Å². The minimum absolute atomic E-state index is 0.0188. The molecule has 0 saturated carbocycles. The van der Waals surface area contributed by atoms with Gasteiger partial charge in [0.05, 0.1) is 20.1 Å². The molecule has 0 spiro atoms. The Kier molecular flexibility index (Phi) is 5.29. The molecule has 3 nitrogen and oxygen atoms in total. The fourth-order valence-corrected chi connectivity index (χ4v) is 1.28. The monoisotopic (exact) mass is 280 g/mol. The third kappa shape index (κ3) is 5.25. The zero-order chi connectivity index (χ0) is 14.5. The molecule has 0 N–H and O–H groups in total. The Balaban J connectivity index is 2.48. The molecule has 0 unspecified atom stereocenters. The Morgan fingerprint density at radius 2 is 2.00 bits per heavy atom. The normalized spacial score (nSPS) is 11.4. The molecule has 19 heavy (non-hydrogen) atoms. The number of hydrogen-bond donors (Lipinski definition) is 0. The highest BCUT2D eigenvalue weighted by molar-refractivity contribution is 5.97. The Labute approximate surface area is 107 Å². The van der Waals surface area contributed by atoms with Crippen LogP contribution in [0.1, 0.15) is 16.8 Å². The topological polar surface area (TPSA) is 35.5 Å². The third-order valence-corrected chi connectivity index (χ3v) is 2.24. The standard InChI is InChI=1S/C12H12F4O3/c1-18-11-3-2-8(6-9(11)13)10(17)7-19-5-4-12(14,15)16/h2-3,6H,4-5,7H2,1H3. The quantitative estimate of drug-likeness (QED) is 0.456. The van der Waals surface area contributed by atoms with E-state index in [-0.39, 0.29) is 11.3 Å². The van der Waals surface area contributed by atoms with Crippen molar-refractivity contribution < 1.29 is 31.8 Å². The number of rotatable bonds is 6. The van der Waals surface area contributed by atoms with Gasteiger partial charge in [-0.1, -0.05) is 0 Å². The second-order valence-corrected chi connectivity index (χ2v) is 3.69. The third-order valence-electron chi connectivity index (χ3n) is 2.24. The lowest BCUT2D eigenvalue weighted by Crippen LogP contribution is -2.15. The molecular weight excluding hydrogens is 268 g/mol. The van der Waals surface area contributed by atoms with Gasteiger partial charge in [-0.15, -0.1) is 0 Å². The average molecular weight is 280 g/mol. The fourth-order valence-electron chi connectivity index (χ4n) is 1.28. The first kappa shape index (κ1) is 15.4. The van der Waals surface area contributed by atoms with Crippen LogP contribution in [-0.4, -0.2) is 32.3 Å². The van der Waals surface area contributed by atoms with Gasteiger partial charge in [-0.05, 0) is 18.2 Å². The zero-order valence-electron chi connectivity index (χ0n) is 10.1. The Bertz CT molecular complexity index is 443. The van der Waals surface area contributed by atoms with Gasteiger partial charge >= 0.3 is 6.18 Å². The molecule has 7 heteroatoms. The van der Waals surface area contributed by atoms with Gasteiger partial charge < -0.3 is 9.47 Å². The van der Waals surface area contributed by atoms with Crippen LogP contribution in [0.2, 0.25) is 0 Å². The van der Waals surface area contributed by atoms with Gasteiger partial charge in [0, 0.05) is 5.56 Å². The molecule has 1 rings (SSSR count). The Hall–Kier alpha value is -1.63. The highest BCUT2D eigenvalue weighted by Crippen LogP contribution is 2.20. The van der Waals surface area contributed by atoms with Gasteiger partial charge in [-0.3, -0.25) is 4.79 Å². The summed E-state index contributed by atoms with van der Waals surface area (Å²) >= 11 is 0. The summed E-state index contributed by atoms with van der Waals surface area (Å²) in [7, 11) is 1.28. The van der Waals surface area contributed by atoms with E-state index in [9.17, 15) is 22.4 Å². The molecule has 0 fully saturated rings. The maximum Gasteiger partial charge on any atom is 0.391 e. The van der Waals surface area contributed by atoms with Crippen LogP contribution in [0.5, 0.6) is 5.75 Å². The van der Waals surface area contributed by atoms with Gasteiger partial charge in [-0.25, -0.2) is 4.39 Å². The summed E-state index contributed by atoms with van der Waals surface area (Å²) < 4.78 is 58.0. The Morgan fingerprint density at radius 3 is 2.53 bits per heavy atom. The predicted octanol–water partition coefficient (Wildman–Crippen LogP) is 2.99. The van der Waals surface area contributed by atoms with Crippen LogP contribution >= 0.6 is 0 Å². The first-order valence-corrected chi connectivity index (χ1v) is 5.34. The average Bonchev–Trinajstić information content (AvgIpc) is 2.33. The van der Waals surface area contributed by atoms with E-state index in [0.29, 0.717) is 0 Å². The highest BCUT2D eigenvalue weighted by Gasteiger charge is 2.26.